The van der Waals surface area contributed by atoms with Crippen molar-refractivity contribution in [1.29, 1.82) is 0 Å². The molecule has 0 aromatic rings. The maximum atomic E-state index is 12.0. The van der Waals surface area contributed by atoms with Crippen molar-refractivity contribution in [2.45, 2.75) is 85.0 Å². The van der Waals surface area contributed by atoms with Crippen molar-refractivity contribution in [3.63, 3.8) is 0 Å². The fourth-order valence-electron chi connectivity index (χ4n) is 8.29. The number of likely N-dealkylation sites (tertiary alicyclic amines) is 2. The lowest BCUT2D eigenvalue weighted by atomic mass is 9.85. The van der Waals surface area contributed by atoms with Gasteiger partial charge in [-0.05, 0) is 0 Å². The van der Waals surface area contributed by atoms with Crippen LogP contribution in [0.1, 0.15) is 25.7 Å². The van der Waals surface area contributed by atoms with Crippen molar-refractivity contribution in [2.75, 3.05) is 26.2 Å². The highest BCUT2D eigenvalue weighted by Crippen LogP contribution is 2.47. The second-order valence-electron chi connectivity index (χ2n) is 13.4. The fraction of sp³-hybridized carbons (Fsp3) is 0.692. The molecule has 27 nitrogen and oxygen atoms in total. The van der Waals surface area contributed by atoms with Crippen molar-refractivity contribution < 1.29 is 64.1 Å². The predicted octanol–water partition coefficient (Wildman–Crippen LogP) is -10.8. The first-order valence-corrected chi connectivity index (χ1v) is 16.5. The van der Waals surface area contributed by atoms with Crippen LogP contribution in [0.3, 0.4) is 0 Å². The van der Waals surface area contributed by atoms with Crippen molar-refractivity contribution in [2.24, 2.45) is 42.9 Å². The van der Waals surface area contributed by atoms with Crippen molar-refractivity contribution in [3.05, 3.63) is 0 Å². The number of guanidine groups is 4. The van der Waals surface area contributed by atoms with Crippen LogP contribution in [0.4, 0.5) is 0 Å². The topological polar surface area (TPSA) is 419 Å². The third-order valence-electron chi connectivity index (χ3n) is 10.7. The van der Waals surface area contributed by atoms with Gasteiger partial charge in [0, 0.05) is 25.7 Å². The van der Waals surface area contributed by atoms with Crippen LogP contribution in [0.5, 0.6) is 0 Å². The van der Waals surface area contributed by atoms with Crippen LogP contribution < -0.4 is 38.8 Å². The molecule has 28 heteroatoms. The number of amides is 4. The summed E-state index contributed by atoms with van der Waals surface area (Å²) >= 11 is 2.83. The van der Waals surface area contributed by atoms with Gasteiger partial charge in [0.1, 0.15) is 18.2 Å². The zero-order valence-corrected chi connectivity index (χ0v) is 28.7. The SMILES string of the molecule is NC1=N[C@H]2[C@H](CN3C(=O)CCC3=O)N=C(N)N3C[C@H](O)C(O)(O)[C@]23N1.NC1=N[C@H]2[C@H](CN3C(=O)CCC3=O)N=C(N)N3C[C@H](OO[O-])C(O)(O)[C@]23N1.O=S. The molecule has 2 spiro atoms. The third-order valence-corrected chi connectivity index (χ3v) is 10.7. The summed E-state index contributed by atoms with van der Waals surface area (Å²) in [5, 5.41) is 71.9. The Morgan fingerprint density at radius 3 is 1.50 bits per heavy atom. The lowest BCUT2D eigenvalue weighted by Crippen LogP contribution is -2.77. The van der Waals surface area contributed by atoms with Crippen molar-refractivity contribution >= 4 is 60.0 Å². The molecule has 0 aliphatic carbocycles. The van der Waals surface area contributed by atoms with Gasteiger partial charge in [0.2, 0.25) is 35.2 Å². The van der Waals surface area contributed by atoms with Crippen molar-refractivity contribution in [1.82, 2.24) is 30.2 Å². The Morgan fingerprint density at radius 1 is 0.704 bits per heavy atom. The molecule has 8 heterocycles. The van der Waals surface area contributed by atoms with Gasteiger partial charge in [-0.25, -0.2) is 24.9 Å². The zero-order chi connectivity index (χ0) is 39.7. The van der Waals surface area contributed by atoms with E-state index in [1.54, 1.807) is 0 Å². The van der Waals surface area contributed by atoms with Gasteiger partial charge in [-0.15, -0.1) is 0 Å². The molecule has 54 heavy (non-hydrogen) atoms. The highest BCUT2D eigenvalue weighted by molar-refractivity contribution is 7.44. The van der Waals surface area contributed by atoms with E-state index in [2.05, 4.69) is 53.1 Å². The molecule has 0 bridgehead atoms. The first-order valence-electron chi connectivity index (χ1n) is 16.2. The highest BCUT2D eigenvalue weighted by atomic mass is 32.1. The number of rotatable bonds is 6. The number of carbonyl (C=O) groups excluding carboxylic acids is 4. The van der Waals surface area contributed by atoms with Crippen LogP contribution in [0.2, 0.25) is 0 Å². The van der Waals surface area contributed by atoms with E-state index in [1.807, 2.05) is 0 Å². The monoisotopic (exact) mass is 785 g/mol. The molecule has 8 atom stereocenters. The van der Waals surface area contributed by atoms with E-state index in [9.17, 15) is 50.0 Å². The molecule has 0 aromatic carbocycles. The van der Waals surface area contributed by atoms with E-state index in [4.69, 9.17) is 27.1 Å². The van der Waals surface area contributed by atoms with Crippen LogP contribution >= 0.6 is 0 Å². The van der Waals surface area contributed by atoms with E-state index < -0.39 is 59.3 Å². The third kappa shape index (κ3) is 5.39. The molecular formula is C26H37N14O13S-. The Morgan fingerprint density at radius 2 is 1.09 bits per heavy atom. The number of aliphatic hydroxyl groups is 5. The normalized spacial score (nSPS) is 36.7. The lowest BCUT2D eigenvalue weighted by molar-refractivity contribution is -0.807. The summed E-state index contributed by atoms with van der Waals surface area (Å²) in [4.78, 5) is 73.7. The second-order valence-corrected chi connectivity index (χ2v) is 13.4. The van der Waals surface area contributed by atoms with Crippen LogP contribution in [0.25, 0.3) is 0 Å². The number of aliphatic hydroxyl groups excluding tert-OH is 1. The molecule has 8 aliphatic rings. The van der Waals surface area contributed by atoms with Gasteiger partial charge >= 0.3 is 0 Å². The molecule has 8 rings (SSSR count). The number of nitrogens with one attached hydrogen (secondary N) is 2. The molecule has 0 radical (unpaired) electrons. The minimum atomic E-state index is -2.72. The maximum absolute atomic E-state index is 12.0. The van der Waals surface area contributed by atoms with Gasteiger partial charge in [0.25, 0.3) is 0 Å². The number of hydrogen-bond donors (Lipinski definition) is 11. The standard InChI is InChI=1S/C13H19N7O7.C13H19N7O5.OS/c14-10-17-9-5(3-19-7(21)1-2-8(19)22)16-11(15)20-4-6(26-27-25)13(23,24)12(9,20)18-10;14-10-17-9-5(3-19-7(22)1-2-8(19)23)16-11(15)20-4-6(21)13(24,25)12(9,20)18-10;1-2/h5-6,9,23-25H,1-4H2,(H2,15,16)(H3,14,17,18);5-6,9,21,24-25H,1-4H2,(H2,15,16)(H3,14,17,18);/p-1/t2*5-,6-,9-,12-;/m00./s1. The molecule has 4 amide bonds. The Bertz CT molecular complexity index is 1720. The minimum absolute atomic E-state index is 0.0678. The molecule has 0 saturated carbocycles. The Balaban J connectivity index is 0.000000177. The molecule has 296 valence electrons. The smallest absolute Gasteiger partial charge is 0.240 e. The number of nitrogens with two attached hydrogens (primary N) is 4. The van der Waals surface area contributed by atoms with E-state index in [-0.39, 0.29) is 99.3 Å². The maximum Gasteiger partial charge on any atom is 0.240 e. The quantitative estimate of drug-likeness (QED) is 0.0515. The number of hydrogen-bond acceptors (Lipinski definition) is 26. The largest absolute Gasteiger partial charge is 0.692 e. The Hall–Kier alpha value is -4.94. The highest BCUT2D eigenvalue weighted by Gasteiger charge is 2.75. The van der Waals surface area contributed by atoms with E-state index in [0.29, 0.717) is 0 Å². The zero-order valence-electron chi connectivity index (χ0n) is 27.9. The summed E-state index contributed by atoms with van der Waals surface area (Å²) in [5.41, 5.74) is 19.9. The molecule has 15 N–H and O–H groups in total. The van der Waals surface area contributed by atoms with Gasteiger partial charge in [0.05, 0.1) is 38.3 Å². The average Bonchev–Trinajstić information content (AvgIpc) is 3.92. The van der Waals surface area contributed by atoms with Crippen LogP contribution in [0.15, 0.2) is 20.0 Å². The number of imide groups is 2. The molecule has 4 fully saturated rings. The van der Waals surface area contributed by atoms with Gasteiger partial charge in [0.15, 0.2) is 53.8 Å². The molecular weight excluding hydrogens is 748 g/mol. The lowest BCUT2D eigenvalue weighted by Gasteiger charge is -2.49. The number of carbonyl (C=O) groups is 4. The Labute approximate surface area is 308 Å². The molecule has 0 unspecified atom stereocenters. The van der Waals surface area contributed by atoms with Gasteiger partial charge in [-0.3, -0.25) is 34.0 Å². The Kier molecular flexibility index (Phi) is 9.64. The first kappa shape index (κ1) is 38.8. The predicted molar refractivity (Wildman–Crippen MR) is 173 cm³/mol. The summed E-state index contributed by atoms with van der Waals surface area (Å²) in [6.07, 6.45) is -2.63. The average molecular weight is 786 g/mol. The number of nitrogens with zero attached hydrogens (tertiary/aromatic N) is 8. The summed E-state index contributed by atoms with van der Waals surface area (Å²) in [6, 6.07) is -3.74. The molecule has 8 aliphatic heterocycles. The van der Waals surface area contributed by atoms with E-state index >= 15 is 0 Å². The van der Waals surface area contributed by atoms with Crippen LogP contribution in [0, 0.1) is 0 Å². The van der Waals surface area contributed by atoms with Crippen molar-refractivity contribution in [3.8, 4) is 0 Å². The van der Waals surface area contributed by atoms with Gasteiger partial charge in [-0.1, -0.05) is 0 Å². The summed E-state index contributed by atoms with van der Waals surface area (Å²) in [5.74, 6) is -7.13. The van der Waals surface area contributed by atoms with Gasteiger partial charge < -0.3 is 74.2 Å². The van der Waals surface area contributed by atoms with Crippen LogP contribution in [-0.2, 0) is 41.6 Å². The van der Waals surface area contributed by atoms with E-state index in [1.165, 1.54) is 9.80 Å². The summed E-state index contributed by atoms with van der Waals surface area (Å²) < 4.78 is 7.83. The summed E-state index contributed by atoms with van der Waals surface area (Å²) in [7, 11) is 0. The van der Waals surface area contributed by atoms with Gasteiger partial charge in [-0.2, -0.15) is 4.21 Å². The number of aliphatic imine (C=N–C) groups is 4. The molecule has 4 saturated heterocycles. The fourth-order valence-corrected chi connectivity index (χ4v) is 8.29. The van der Waals surface area contributed by atoms with Crippen LogP contribution in [-0.4, -0.2) is 182 Å². The first-order chi connectivity index (χ1) is 25.4. The summed E-state index contributed by atoms with van der Waals surface area (Å²) in [6.45, 7) is -0.714. The molecule has 0 aromatic heterocycles. The van der Waals surface area contributed by atoms with E-state index in [0.717, 1.165) is 9.80 Å². The second kappa shape index (κ2) is 13.4. The minimum Gasteiger partial charge on any atom is -0.692 e.